The Morgan fingerprint density at radius 1 is 1.42 bits per heavy atom. The number of nitrogens with one attached hydrogen (secondary N) is 1. The van der Waals surface area contributed by atoms with Gasteiger partial charge in [-0.3, -0.25) is 19.4 Å². The van der Waals surface area contributed by atoms with Crippen LogP contribution >= 0.6 is 11.8 Å². The van der Waals surface area contributed by atoms with E-state index in [4.69, 9.17) is 0 Å². The molecule has 0 fully saturated rings. The third-order valence-corrected chi connectivity index (χ3v) is 3.38. The Morgan fingerprint density at radius 3 is 2.74 bits per heavy atom. The molecule has 7 nitrogen and oxygen atoms in total. The molecule has 0 aliphatic rings. The summed E-state index contributed by atoms with van der Waals surface area (Å²) >= 11 is 1.15. The largest absolute Gasteiger partial charge is 0.389 e. The lowest BCUT2D eigenvalue weighted by atomic mass is 10.2. The maximum absolute atomic E-state index is 11.2. The van der Waals surface area contributed by atoms with Crippen molar-refractivity contribution in [3.05, 3.63) is 44.6 Å². The van der Waals surface area contributed by atoms with Crippen LogP contribution in [0, 0.1) is 0 Å². The second kappa shape index (κ2) is 5.37. The van der Waals surface area contributed by atoms with Crippen molar-refractivity contribution < 1.29 is 5.11 Å². The molecular formula is C11H12N4O3S. The molecule has 0 amide bonds. The second-order valence-electron chi connectivity index (χ2n) is 3.91. The van der Waals surface area contributed by atoms with Crippen LogP contribution in [0.15, 0.2) is 38.1 Å². The first kappa shape index (κ1) is 13.5. The van der Waals surface area contributed by atoms with Gasteiger partial charge >= 0.3 is 11.1 Å². The number of aliphatic hydroxyl groups excluding tert-OH is 1. The number of aryl methyl sites for hydroxylation is 1. The predicted octanol–water partition coefficient (Wildman–Crippen LogP) is 0.0681. The third-order valence-electron chi connectivity index (χ3n) is 2.39. The number of aliphatic hydroxyl groups is 1. The first-order chi connectivity index (χ1) is 8.97. The summed E-state index contributed by atoms with van der Waals surface area (Å²) in [5.74, 6) is 0. The highest BCUT2D eigenvalue weighted by Crippen LogP contribution is 2.23. The molecule has 2 heterocycles. The highest BCUT2D eigenvalue weighted by Gasteiger charge is 2.08. The number of hydrogen-bond donors (Lipinski definition) is 2. The Balaban J connectivity index is 2.29. The molecule has 0 aliphatic carbocycles. The van der Waals surface area contributed by atoms with Crippen molar-refractivity contribution in [1.82, 2.24) is 19.7 Å². The van der Waals surface area contributed by atoms with Gasteiger partial charge < -0.3 is 5.11 Å². The van der Waals surface area contributed by atoms with Crippen molar-refractivity contribution in [2.24, 2.45) is 7.05 Å². The summed E-state index contributed by atoms with van der Waals surface area (Å²) in [5, 5.41) is 12.7. The molecule has 2 aromatic heterocycles. The van der Waals surface area contributed by atoms with E-state index >= 15 is 0 Å². The molecule has 0 spiro atoms. The van der Waals surface area contributed by atoms with Gasteiger partial charge in [0, 0.05) is 13.2 Å². The highest BCUT2D eigenvalue weighted by atomic mass is 32.2. The Morgan fingerprint density at radius 2 is 2.16 bits per heavy atom. The molecule has 1 atom stereocenters. The van der Waals surface area contributed by atoms with E-state index in [1.807, 2.05) is 0 Å². The van der Waals surface area contributed by atoms with Gasteiger partial charge in [-0.2, -0.15) is 4.98 Å². The first-order valence-electron chi connectivity index (χ1n) is 5.46. The maximum Gasteiger partial charge on any atom is 0.339 e. The second-order valence-corrected chi connectivity index (χ2v) is 4.89. The zero-order valence-corrected chi connectivity index (χ0v) is 11.1. The molecule has 8 heteroatoms. The molecule has 0 saturated carbocycles. The lowest BCUT2D eigenvalue weighted by Gasteiger charge is -2.07. The zero-order chi connectivity index (χ0) is 14.0. The van der Waals surface area contributed by atoms with Crippen LogP contribution in [0.3, 0.4) is 0 Å². The molecule has 0 unspecified atom stereocenters. The smallest absolute Gasteiger partial charge is 0.339 e. The Labute approximate surface area is 112 Å². The normalized spacial score (nSPS) is 12.4. The minimum atomic E-state index is -0.832. The summed E-state index contributed by atoms with van der Waals surface area (Å²) in [7, 11) is 1.58. The van der Waals surface area contributed by atoms with Crippen LogP contribution in [0.5, 0.6) is 0 Å². The fraction of sp³-hybridized carbons (Fsp3) is 0.273. The van der Waals surface area contributed by atoms with Crippen molar-refractivity contribution in [3.63, 3.8) is 0 Å². The number of pyridine rings is 1. The summed E-state index contributed by atoms with van der Waals surface area (Å²) in [6.45, 7) is 1.65. The van der Waals surface area contributed by atoms with Gasteiger partial charge in [-0.1, -0.05) is 6.07 Å². The van der Waals surface area contributed by atoms with Gasteiger partial charge in [0.05, 0.1) is 6.10 Å². The monoisotopic (exact) mass is 280 g/mol. The third kappa shape index (κ3) is 3.09. The van der Waals surface area contributed by atoms with E-state index in [-0.39, 0.29) is 0 Å². The number of rotatable bonds is 3. The highest BCUT2D eigenvalue weighted by molar-refractivity contribution is 7.99. The lowest BCUT2D eigenvalue weighted by Crippen LogP contribution is -2.33. The summed E-state index contributed by atoms with van der Waals surface area (Å²) < 4.78 is 1.36. The van der Waals surface area contributed by atoms with Gasteiger partial charge in [-0.15, -0.1) is 0 Å². The van der Waals surface area contributed by atoms with Crippen molar-refractivity contribution in [2.45, 2.75) is 23.2 Å². The SMILES string of the molecule is C[C@@H](O)c1ccc(Sc2nc(=O)c(=O)[nH]n2C)nc1. The fourth-order valence-electron chi connectivity index (χ4n) is 1.34. The van der Waals surface area contributed by atoms with E-state index in [1.165, 1.54) is 4.68 Å². The summed E-state index contributed by atoms with van der Waals surface area (Å²) in [4.78, 5) is 30.1. The molecular weight excluding hydrogens is 268 g/mol. The summed E-state index contributed by atoms with van der Waals surface area (Å²) in [6, 6.07) is 3.45. The minimum Gasteiger partial charge on any atom is -0.389 e. The standard InChI is InChI=1S/C11H12N4O3S/c1-6(16)7-3-4-8(12-5-7)19-11-13-9(17)10(18)14-15(11)2/h3-6,16H,1-2H3,(H,14,18)/t6-/m1/s1. The van der Waals surface area contributed by atoms with Gasteiger partial charge in [0.15, 0.2) is 5.16 Å². The van der Waals surface area contributed by atoms with Crippen molar-refractivity contribution in [3.8, 4) is 0 Å². The molecule has 19 heavy (non-hydrogen) atoms. The molecule has 0 bridgehead atoms. The van der Waals surface area contributed by atoms with Gasteiger partial charge in [-0.25, -0.2) is 4.98 Å². The molecule has 0 aliphatic heterocycles. The number of aromatic nitrogens is 4. The Hall–Kier alpha value is -1.93. The molecule has 2 N–H and O–H groups in total. The number of hydrogen-bond acceptors (Lipinski definition) is 6. The van der Waals surface area contributed by atoms with Crippen LogP contribution in [0.4, 0.5) is 0 Å². The van der Waals surface area contributed by atoms with E-state index in [1.54, 1.807) is 32.3 Å². The van der Waals surface area contributed by atoms with Gasteiger partial charge in [0.1, 0.15) is 5.03 Å². The van der Waals surface area contributed by atoms with E-state index in [9.17, 15) is 14.7 Å². The lowest BCUT2D eigenvalue weighted by molar-refractivity contribution is 0.198. The van der Waals surface area contributed by atoms with Gasteiger partial charge in [0.2, 0.25) is 0 Å². The van der Waals surface area contributed by atoms with Crippen LogP contribution < -0.4 is 11.1 Å². The Kier molecular flexibility index (Phi) is 3.82. The van der Waals surface area contributed by atoms with Crippen molar-refractivity contribution in [1.29, 1.82) is 0 Å². The number of H-pyrrole nitrogens is 1. The topological polar surface area (TPSA) is 101 Å². The Bertz CT molecular complexity index is 690. The summed E-state index contributed by atoms with van der Waals surface area (Å²) in [5.41, 5.74) is -0.891. The van der Waals surface area contributed by atoms with Crippen LogP contribution in [0.1, 0.15) is 18.6 Å². The average Bonchev–Trinajstić information content (AvgIpc) is 2.36. The van der Waals surface area contributed by atoms with Crippen LogP contribution in [0.25, 0.3) is 0 Å². The summed E-state index contributed by atoms with van der Waals surface area (Å²) in [6.07, 6.45) is 0.971. The van der Waals surface area contributed by atoms with E-state index < -0.39 is 17.2 Å². The zero-order valence-electron chi connectivity index (χ0n) is 10.3. The number of aromatic amines is 1. The van der Waals surface area contributed by atoms with Crippen molar-refractivity contribution in [2.75, 3.05) is 0 Å². The van der Waals surface area contributed by atoms with E-state index in [0.29, 0.717) is 15.7 Å². The molecule has 100 valence electrons. The van der Waals surface area contributed by atoms with Gasteiger partial charge in [-0.05, 0) is 30.3 Å². The quantitative estimate of drug-likeness (QED) is 0.771. The first-order valence-corrected chi connectivity index (χ1v) is 6.28. The van der Waals surface area contributed by atoms with E-state index in [0.717, 1.165) is 11.8 Å². The molecule has 2 aromatic rings. The molecule has 0 saturated heterocycles. The maximum atomic E-state index is 11.2. The van der Waals surface area contributed by atoms with Crippen LogP contribution in [-0.4, -0.2) is 24.9 Å². The minimum absolute atomic E-state index is 0.335. The van der Waals surface area contributed by atoms with Crippen LogP contribution in [0.2, 0.25) is 0 Å². The predicted molar refractivity (Wildman–Crippen MR) is 69.1 cm³/mol. The van der Waals surface area contributed by atoms with Crippen molar-refractivity contribution >= 4 is 11.8 Å². The fourth-order valence-corrected chi connectivity index (χ4v) is 2.08. The average molecular weight is 280 g/mol. The van der Waals surface area contributed by atoms with Gasteiger partial charge in [0.25, 0.3) is 0 Å². The molecule has 0 radical (unpaired) electrons. The molecule has 2 rings (SSSR count). The number of nitrogens with zero attached hydrogens (tertiary/aromatic N) is 3. The van der Waals surface area contributed by atoms with Crippen LogP contribution in [-0.2, 0) is 7.05 Å². The molecule has 0 aromatic carbocycles. The van der Waals surface area contributed by atoms with E-state index in [2.05, 4.69) is 15.1 Å².